The minimum Gasteiger partial charge on any atom is -0.310 e. The molecule has 0 amide bonds. The standard InChI is InChI=1S/C50H47N/c1-49(2)47-11-7-6-10-45(47)46-27-26-44(31-48(46)49)51(42-22-16-37(17-23-42)35-8-4-3-5-9-35)43-24-18-38(19-25-43)36-14-20-41(21-15-36)50-29-28-39-13-12-34(32-50)30-40(39)33-50/h3-11,14-27,31,34,39-40H,12-13,28-30,32-33H2,1-2H3. The fourth-order valence-corrected chi connectivity index (χ4v) is 11.0. The summed E-state index contributed by atoms with van der Waals surface area (Å²) in [6.07, 6.45) is 10.2. The SMILES string of the molecule is CC1(C)c2ccccc2-c2ccc(N(c3ccc(-c4ccccc4)cc3)c3ccc(-c4ccc(C56CCC7CCC(CC7C5)C6)cc4)cc3)cc21. The van der Waals surface area contributed by atoms with Crippen LogP contribution in [0.1, 0.15) is 75.5 Å². The molecule has 4 unspecified atom stereocenters. The van der Waals surface area contributed by atoms with E-state index in [4.69, 9.17) is 0 Å². The van der Waals surface area contributed by atoms with E-state index < -0.39 is 0 Å². The summed E-state index contributed by atoms with van der Waals surface area (Å²) in [7, 11) is 0. The van der Waals surface area contributed by atoms with Gasteiger partial charge in [0, 0.05) is 22.5 Å². The third-order valence-corrected chi connectivity index (χ3v) is 13.6. The van der Waals surface area contributed by atoms with Crippen molar-refractivity contribution in [3.63, 3.8) is 0 Å². The summed E-state index contributed by atoms with van der Waals surface area (Å²) >= 11 is 0. The molecule has 0 N–H and O–H groups in total. The first-order valence-electron chi connectivity index (χ1n) is 19.4. The third-order valence-electron chi connectivity index (χ3n) is 13.6. The molecule has 0 aromatic heterocycles. The van der Waals surface area contributed by atoms with Gasteiger partial charge in [0.05, 0.1) is 0 Å². The van der Waals surface area contributed by atoms with Crippen LogP contribution in [0.25, 0.3) is 33.4 Å². The number of fused-ring (bicyclic) bond motifs is 5. The van der Waals surface area contributed by atoms with E-state index >= 15 is 0 Å². The molecule has 6 aromatic rings. The van der Waals surface area contributed by atoms with Crippen LogP contribution >= 0.6 is 0 Å². The van der Waals surface area contributed by atoms with Gasteiger partial charge in [-0.1, -0.05) is 129 Å². The minimum atomic E-state index is -0.0594. The molecule has 4 aliphatic rings. The zero-order valence-corrected chi connectivity index (χ0v) is 30.0. The molecule has 0 heterocycles. The van der Waals surface area contributed by atoms with Crippen LogP contribution in [0.5, 0.6) is 0 Å². The molecular formula is C50H47N. The van der Waals surface area contributed by atoms with Crippen LogP contribution in [0.2, 0.25) is 0 Å². The molecule has 0 radical (unpaired) electrons. The second kappa shape index (κ2) is 11.8. The molecule has 4 atom stereocenters. The zero-order valence-electron chi connectivity index (χ0n) is 30.0. The molecule has 0 saturated heterocycles. The normalized spacial score (nSPS) is 23.8. The maximum absolute atomic E-state index is 2.48. The van der Waals surface area contributed by atoms with Crippen LogP contribution in [-0.4, -0.2) is 0 Å². The summed E-state index contributed by atoms with van der Waals surface area (Å²) in [6, 6.07) is 54.7. The molecule has 3 fully saturated rings. The smallest absolute Gasteiger partial charge is 0.0465 e. The van der Waals surface area contributed by atoms with Gasteiger partial charge >= 0.3 is 0 Å². The largest absolute Gasteiger partial charge is 0.310 e. The van der Waals surface area contributed by atoms with E-state index in [0.29, 0.717) is 5.41 Å². The van der Waals surface area contributed by atoms with Crippen LogP contribution in [0.4, 0.5) is 17.1 Å². The molecule has 0 spiro atoms. The van der Waals surface area contributed by atoms with Crippen molar-refractivity contribution in [3.05, 3.63) is 162 Å². The Labute approximate surface area is 304 Å². The van der Waals surface area contributed by atoms with Crippen molar-refractivity contribution in [1.82, 2.24) is 0 Å². The summed E-state index contributed by atoms with van der Waals surface area (Å²) in [6.45, 7) is 4.73. The molecule has 3 saturated carbocycles. The van der Waals surface area contributed by atoms with E-state index in [1.54, 1.807) is 5.56 Å². The highest BCUT2D eigenvalue weighted by Gasteiger charge is 2.49. The summed E-state index contributed by atoms with van der Waals surface area (Å²) in [4.78, 5) is 2.43. The van der Waals surface area contributed by atoms with E-state index in [1.807, 2.05) is 0 Å². The van der Waals surface area contributed by atoms with E-state index in [9.17, 15) is 0 Å². The summed E-state index contributed by atoms with van der Waals surface area (Å²) in [5, 5.41) is 0. The lowest BCUT2D eigenvalue weighted by Gasteiger charge is -2.55. The minimum absolute atomic E-state index is 0.0594. The Morgan fingerprint density at radius 1 is 0.490 bits per heavy atom. The van der Waals surface area contributed by atoms with E-state index in [-0.39, 0.29) is 5.41 Å². The van der Waals surface area contributed by atoms with Crippen LogP contribution in [0, 0.1) is 17.8 Å². The number of benzene rings is 6. The lowest BCUT2D eigenvalue weighted by atomic mass is 9.50. The lowest BCUT2D eigenvalue weighted by molar-refractivity contribution is 0.00964. The zero-order chi connectivity index (χ0) is 34.2. The average Bonchev–Trinajstić information content (AvgIpc) is 3.41. The molecule has 1 heteroatoms. The Balaban J connectivity index is 0.992. The van der Waals surface area contributed by atoms with Crippen molar-refractivity contribution < 1.29 is 0 Å². The van der Waals surface area contributed by atoms with Gasteiger partial charge in [0.25, 0.3) is 0 Å². The first-order valence-corrected chi connectivity index (χ1v) is 19.4. The van der Waals surface area contributed by atoms with E-state index in [1.165, 1.54) is 101 Å². The van der Waals surface area contributed by atoms with Gasteiger partial charge in [0.1, 0.15) is 0 Å². The predicted molar refractivity (Wildman–Crippen MR) is 214 cm³/mol. The Bertz CT molecular complexity index is 2210. The van der Waals surface area contributed by atoms with Gasteiger partial charge in [-0.3, -0.25) is 0 Å². The summed E-state index contributed by atoms with van der Waals surface area (Å²) in [5.74, 6) is 2.94. The van der Waals surface area contributed by atoms with Crippen LogP contribution in [0.15, 0.2) is 146 Å². The van der Waals surface area contributed by atoms with Crippen molar-refractivity contribution in [1.29, 1.82) is 0 Å². The van der Waals surface area contributed by atoms with Gasteiger partial charge in [0.15, 0.2) is 0 Å². The first kappa shape index (κ1) is 30.9. The second-order valence-electron chi connectivity index (χ2n) is 16.7. The number of rotatable bonds is 6. The van der Waals surface area contributed by atoms with Gasteiger partial charge in [-0.25, -0.2) is 0 Å². The van der Waals surface area contributed by atoms with Crippen LogP contribution in [0.3, 0.4) is 0 Å². The van der Waals surface area contributed by atoms with Crippen LogP contribution in [-0.2, 0) is 10.8 Å². The lowest BCUT2D eigenvalue weighted by Crippen LogP contribution is -2.46. The topological polar surface area (TPSA) is 3.24 Å². The molecule has 51 heavy (non-hydrogen) atoms. The van der Waals surface area contributed by atoms with Crippen molar-refractivity contribution in [3.8, 4) is 33.4 Å². The number of nitrogens with zero attached hydrogens (tertiary/aromatic N) is 1. The Morgan fingerprint density at radius 2 is 1.08 bits per heavy atom. The Kier molecular flexibility index (Phi) is 7.18. The van der Waals surface area contributed by atoms with E-state index in [0.717, 1.165) is 23.4 Å². The van der Waals surface area contributed by atoms with Crippen molar-refractivity contribution in [2.45, 2.75) is 69.6 Å². The van der Waals surface area contributed by atoms with Gasteiger partial charge in [0.2, 0.25) is 0 Å². The number of hydrogen-bond donors (Lipinski definition) is 0. The molecule has 4 aliphatic carbocycles. The predicted octanol–water partition coefficient (Wildman–Crippen LogP) is 13.7. The monoisotopic (exact) mass is 661 g/mol. The molecule has 10 rings (SSSR count). The number of hydrogen-bond acceptors (Lipinski definition) is 1. The molecular weight excluding hydrogens is 615 g/mol. The molecule has 3 bridgehead atoms. The highest BCUT2D eigenvalue weighted by Crippen LogP contribution is 2.59. The maximum atomic E-state index is 2.48. The summed E-state index contributed by atoms with van der Waals surface area (Å²) in [5.41, 5.74) is 16.0. The number of anilines is 3. The highest BCUT2D eigenvalue weighted by molar-refractivity contribution is 5.86. The van der Waals surface area contributed by atoms with Crippen molar-refractivity contribution in [2.24, 2.45) is 17.8 Å². The van der Waals surface area contributed by atoms with Crippen molar-refractivity contribution in [2.75, 3.05) is 4.90 Å². The van der Waals surface area contributed by atoms with Crippen molar-refractivity contribution >= 4 is 17.1 Å². The molecule has 1 nitrogen and oxygen atoms in total. The molecule has 252 valence electrons. The first-order chi connectivity index (χ1) is 24.9. The quantitative estimate of drug-likeness (QED) is 0.172. The fourth-order valence-electron chi connectivity index (χ4n) is 11.0. The third kappa shape index (κ3) is 5.11. The van der Waals surface area contributed by atoms with Gasteiger partial charge < -0.3 is 4.90 Å². The molecule has 6 aromatic carbocycles. The summed E-state index contributed by atoms with van der Waals surface area (Å²) < 4.78 is 0. The molecule has 0 aliphatic heterocycles. The van der Waals surface area contributed by atoms with Gasteiger partial charge in [-0.05, 0) is 148 Å². The van der Waals surface area contributed by atoms with Gasteiger partial charge in [-0.15, -0.1) is 0 Å². The second-order valence-corrected chi connectivity index (χ2v) is 16.7. The van der Waals surface area contributed by atoms with Gasteiger partial charge in [-0.2, -0.15) is 0 Å². The highest BCUT2D eigenvalue weighted by atomic mass is 15.1. The maximum Gasteiger partial charge on any atom is 0.0465 e. The fraction of sp³-hybridized carbons (Fsp3) is 0.280. The Hall–Kier alpha value is -4.88. The van der Waals surface area contributed by atoms with Crippen LogP contribution < -0.4 is 4.90 Å². The average molecular weight is 662 g/mol. The Morgan fingerprint density at radius 3 is 1.78 bits per heavy atom. The van der Waals surface area contributed by atoms with E-state index in [2.05, 4.69) is 164 Å².